The number of benzene rings is 8. The predicted molar refractivity (Wildman–Crippen MR) is 280 cm³/mol. The van der Waals surface area contributed by atoms with Gasteiger partial charge in [0.05, 0.1) is 0 Å². The van der Waals surface area contributed by atoms with Crippen molar-refractivity contribution in [2.45, 2.75) is 103 Å². The number of hydrogen-bond donors (Lipinski definition) is 5. The predicted octanol–water partition coefficient (Wildman–Crippen LogP) is 15.7. The highest BCUT2D eigenvalue weighted by molar-refractivity contribution is 5.64. The van der Waals surface area contributed by atoms with E-state index in [0.29, 0.717) is 45.6 Å². The zero-order valence-electron chi connectivity index (χ0n) is 40.9. The van der Waals surface area contributed by atoms with Crippen LogP contribution in [0.25, 0.3) is 0 Å². The summed E-state index contributed by atoms with van der Waals surface area (Å²) in [6.07, 6.45) is 0. The first-order valence-corrected chi connectivity index (χ1v) is 24.5. The van der Waals surface area contributed by atoms with Gasteiger partial charge in [0.2, 0.25) is 0 Å². The molecule has 8 bridgehead atoms. The Morgan fingerprint density at radius 2 is 0.507 bits per heavy atom. The average Bonchev–Trinajstić information content (AvgIpc) is 3.33. The van der Waals surface area contributed by atoms with Gasteiger partial charge < -0.3 is 25.5 Å². The van der Waals surface area contributed by atoms with Gasteiger partial charge in [0.15, 0.2) is 0 Å². The number of phenols is 5. The maximum absolute atomic E-state index is 12.2. The van der Waals surface area contributed by atoms with Gasteiger partial charge in [-0.3, -0.25) is 0 Å². The molecule has 69 heavy (non-hydrogen) atoms. The van der Waals surface area contributed by atoms with E-state index in [4.69, 9.17) is 0 Å². The Morgan fingerprint density at radius 3 is 0.826 bits per heavy atom. The van der Waals surface area contributed by atoms with Gasteiger partial charge in [0.25, 0.3) is 0 Å². The zero-order chi connectivity index (χ0) is 48.8. The summed E-state index contributed by atoms with van der Waals surface area (Å²) in [6, 6.07) is 54.7. The minimum absolute atomic E-state index is 0.0347. The Morgan fingerprint density at radius 1 is 0.246 bits per heavy atom. The van der Waals surface area contributed by atoms with Crippen molar-refractivity contribution in [3.63, 3.8) is 0 Å². The highest BCUT2D eigenvalue weighted by Gasteiger charge is 2.33. The van der Waals surface area contributed by atoms with Crippen molar-refractivity contribution >= 4 is 0 Å². The first kappa shape index (κ1) is 46.9. The van der Waals surface area contributed by atoms with Crippen molar-refractivity contribution in [3.05, 3.63) is 253 Å². The Kier molecular flexibility index (Phi) is 12.9. The Balaban J connectivity index is 1.41. The van der Waals surface area contributed by atoms with E-state index in [1.54, 1.807) is 6.07 Å². The van der Waals surface area contributed by atoms with Crippen LogP contribution in [0, 0.1) is 0 Å². The van der Waals surface area contributed by atoms with E-state index < -0.39 is 23.7 Å². The van der Waals surface area contributed by atoms with Crippen LogP contribution in [-0.2, 0) is 0 Å². The molecular formula is C64H64O5. The zero-order valence-corrected chi connectivity index (χ0v) is 40.9. The normalized spacial score (nSPS) is 16.9. The summed E-state index contributed by atoms with van der Waals surface area (Å²) >= 11 is 0. The quantitative estimate of drug-likeness (QED) is 0.105. The van der Waals surface area contributed by atoms with Crippen molar-refractivity contribution in [2.24, 2.45) is 0 Å². The molecule has 0 aromatic heterocycles. The van der Waals surface area contributed by atoms with Crippen molar-refractivity contribution in [1.29, 1.82) is 0 Å². The van der Waals surface area contributed by atoms with E-state index in [2.05, 4.69) is 171 Å². The fraction of sp³-hybridized carbons (Fsp3) is 0.250. The van der Waals surface area contributed by atoms with Crippen molar-refractivity contribution < 1.29 is 25.5 Å². The number of phenolic OH excluding ortho intramolecular Hbond substituents is 5. The Labute approximate surface area is 408 Å². The third-order valence-corrected chi connectivity index (χ3v) is 14.6. The van der Waals surface area contributed by atoms with E-state index in [1.807, 2.05) is 30.3 Å². The molecule has 0 spiro atoms. The molecule has 1 aliphatic rings. The Hall–Kier alpha value is -7.24. The third kappa shape index (κ3) is 9.11. The molecule has 0 saturated heterocycles. The molecule has 4 unspecified atom stereocenters. The third-order valence-electron chi connectivity index (χ3n) is 14.6. The molecule has 0 amide bonds. The van der Waals surface area contributed by atoms with Gasteiger partial charge in [-0.1, -0.05) is 189 Å². The van der Waals surface area contributed by atoms with Gasteiger partial charge in [-0.25, -0.2) is 0 Å². The molecule has 4 atom stereocenters. The van der Waals surface area contributed by atoms with Crippen molar-refractivity contribution in [3.8, 4) is 28.7 Å². The molecule has 8 aromatic rings. The lowest BCUT2D eigenvalue weighted by Crippen LogP contribution is -2.12. The first-order chi connectivity index (χ1) is 33.1. The minimum Gasteiger partial charge on any atom is -0.508 e. The van der Waals surface area contributed by atoms with E-state index in [1.165, 1.54) is 28.8 Å². The van der Waals surface area contributed by atoms with Gasteiger partial charge in [-0.15, -0.1) is 0 Å². The number of rotatable bonds is 8. The van der Waals surface area contributed by atoms with Crippen LogP contribution in [0.2, 0.25) is 0 Å². The first-order valence-electron chi connectivity index (χ1n) is 24.5. The molecule has 0 aliphatic heterocycles. The highest BCUT2D eigenvalue weighted by atomic mass is 16.3. The summed E-state index contributed by atoms with van der Waals surface area (Å²) in [5.41, 5.74) is 13.9. The van der Waals surface area contributed by atoms with Crippen LogP contribution < -0.4 is 0 Å². The maximum atomic E-state index is 12.2. The van der Waals surface area contributed by atoms with Crippen molar-refractivity contribution in [1.82, 2.24) is 0 Å². The summed E-state index contributed by atoms with van der Waals surface area (Å²) in [4.78, 5) is 0. The Bertz CT molecular complexity index is 3100. The molecule has 1 aliphatic carbocycles. The SMILES string of the molecule is CC(C)c1ccc(C2c3cccc(c3)C(c3ccc(C(C)C)cc3)c3cc(c(O)cc3O)C(c3ccc(C(C)C)cc3)c3cc(ccc3O)C(c3ccc(C(C)C)cc3)c3cc2c(O)cc3O)cc1. The summed E-state index contributed by atoms with van der Waals surface area (Å²) in [7, 11) is 0. The largest absolute Gasteiger partial charge is 0.508 e. The topological polar surface area (TPSA) is 101 Å². The smallest absolute Gasteiger partial charge is 0.123 e. The fourth-order valence-electron chi connectivity index (χ4n) is 10.5. The molecule has 5 heteroatoms. The van der Waals surface area contributed by atoms with Gasteiger partial charge in [0.1, 0.15) is 28.7 Å². The van der Waals surface area contributed by atoms with E-state index in [-0.39, 0.29) is 34.7 Å². The second-order valence-corrected chi connectivity index (χ2v) is 20.4. The fourth-order valence-corrected chi connectivity index (χ4v) is 10.5. The summed E-state index contributed by atoms with van der Waals surface area (Å²) in [5, 5.41) is 61.0. The second-order valence-electron chi connectivity index (χ2n) is 20.4. The molecule has 0 radical (unpaired) electrons. The lowest BCUT2D eigenvalue weighted by atomic mass is 9.75. The highest BCUT2D eigenvalue weighted by Crippen LogP contribution is 2.50. The van der Waals surface area contributed by atoms with E-state index in [0.717, 1.165) is 44.5 Å². The molecule has 5 N–H and O–H groups in total. The molecule has 0 saturated carbocycles. The molecule has 9 rings (SSSR count). The second kappa shape index (κ2) is 19.0. The molecular weight excluding hydrogens is 849 g/mol. The molecule has 0 fully saturated rings. The van der Waals surface area contributed by atoms with Crippen LogP contribution in [-0.4, -0.2) is 25.5 Å². The van der Waals surface area contributed by atoms with Crippen LogP contribution in [0.1, 0.15) is 192 Å². The van der Waals surface area contributed by atoms with Crippen LogP contribution in [0.4, 0.5) is 0 Å². The van der Waals surface area contributed by atoms with Gasteiger partial charge >= 0.3 is 0 Å². The van der Waals surface area contributed by atoms with Crippen LogP contribution in [0.15, 0.2) is 164 Å². The average molecular weight is 913 g/mol. The lowest BCUT2D eigenvalue weighted by Gasteiger charge is -2.29. The van der Waals surface area contributed by atoms with E-state index >= 15 is 0 Å². The summed E-state index contributed by atoms with van der Waals surface area (Å²) < 4.78 is 0. The number of hydrogen-bond acceptors (Lipinski definition) is 5. The minimum atomic E-state index is -0.695. The number of fused-ring (bicyclic) bond motifs is 8. The molecule has 0 heterocycles. The monoisotopic (exact) mass is 912 g/mol. The summed E-state index contributed by atoms with van der Waals surface area (Å²) in [6.45, 7) is 17.3. The lowest BCUT2D eigenvalue weighted by molar-refractivity contribution is 0.439. The molecule has 350 valence electrons. The van der Waals surface area contributed by atoms with Crippen LogP contribution in [0.3, 0.4) is 0 Å². The van der Waals surface area contributed by atoms with Gasteiger partial charge in [0, 0.05) is 63.6 Å². The van der Waals surface area contributed by atoms with Crippen molar-refractivity contribution in [2.75, 3.05) is 0 Å². The number of aromatic hydroxyl groups is 5. The molecule has 8 aromatic carbocycles. The van der Waals surface area contributed by atoms with Gasteiger partial charge in [-0.2, -0.15) is 0 Å². The maximum Gasteiger partial charge on any atom is 0.123 e. The van der Waals surface area contributed by atoms with E-state index in [9.17, 15) is 25.5 Å². The van der Waals surface area contributed by atoms with Crippen LogP contribution in [0.5, 0.6) is 28.7 Å². The molecule has 5 nitrogen and oxygen atoms in total. The summed E-state index contributed by atoms with van der Waals surface area (Å²) in [5.74, 6) is -1.25. The van der Waals surface area contributed by atoms with Gasteiger partial charge in [-0.05, 0) is 103 Å². The standard InChI is InChI=1S/C64H64O5/c1-36(2)40-12-20-44(21-13-40)61-48-10-9-11-49(30-48)62(45-22-14-41(15-23-45)37(3)4)54-33-55(60(69)35-59(54)68)64(47-26-18-43(19-27-47)39(7)8)51-31-50(28-29-56(51)65)63(46-24-16-42(17-25-46)38(5)6)53-32-52(61)57(66)34-58(53)67/h9-39,61-69H,1-8H3. The van der Waals surface area contributed by atoms with Crippen LogP contribution >= 0.6 is 0 Å².